The van der Waals surface area contributed by atoms with E-state index in [1.165, 1.54) is 5.56 Å². The lowest BCUT2D eigenvalue weighted by atomic mass is 9.84. The second kappa shape index (κ2) is 6.30. The predicted octanol–water partition coefficient (Wildman–Crippen LogP) is 2.86. The molecule has 1 aromatic carbocycles. The zero-order chi connectivity index (χ0) is 11.9. The molecule has 1 rings (SSSR count). The van der Waals surface area contributed by atoms with E-state index < -0.39 is 0 Å². The number of benzene rings is 1. The van der Waals surface area contributed by atoms with Gasteiger partial charge in [-0.3, -0.25) is 0 Å². The summed E-state index contributed by atoms with van der Waals surface area (Å²) >= 11 is 0. The van der Waals surface area contributed by atoms with Crippen molar-refractivity contribution in [1.82, 2.24) is 5.32 Å². The Morgan fingerprint density at radius 2 is 1.94 bits per heavy atom. The van der Waals surface area contributed by atoms with E-state index in [-0.39, 0.29) is 5.41 Å². The average molecular weight is 216 g/mol. The van der Waals surface area contributed by atoms with Crippen molar-refractivity contribution in [1.29, 1.82) is 5.26 Å². The highest BCUT2D eigenvalue weighted by atomic mass is 14.9. The van der Waals surface area contributed by atoms with Crippen LogP contribution in [0.25, 0.3) is 0 Å². The number of nitriles is 1. The molecule has 0 aromatic heterocycles. The maximum Gasteiger partial charge on any atom is 0.0622 e. The van der Waals surface area contributed by atoms with Crippen LogP contribution in [0.15, 0.2) is 30.3 Å². The zero-order valence-corrected chi connectivity index (χ0v) is 10.2. The quantitative estimate of drug-likeness (QED) is 0.742. The van der Waals surface area contributed by atoms with E-state index in [1.807, 2.05) is 6.07 Å². The average Bonchev–Trinajstić information content (AvgIpc) is 2.30. The molecule has 0 bridgehead atoms. The van der Waals surface area contributed by atoms with E-state index in [0.29, 0.717) is 6.42 Å². The Kier molecular flexibility index (Phi) is 5.01. The first kappa shape index (κ1) is 12.7. The van der Waals surface area contributed by atoms with E-state index in [2.05, 4.69) is 49.5 Å². The van der Waals surface area contributed by atoms with Gasteiger partial charge in [0.05, 0.1) is 6.07 Å². The Labute approximate surface area is 98.3 Å². The Bertz CT molecular complexity index is 336. The first-order chi connectivity index (χ1) is 7.67. The second-order valence-electron chi connectivity index (χ2n) is 4.69. The van der Waals surface area contributed by atoms with E-state index >= 15 is 0 Å². The van der Waals surface area contributed by atoms with Crippen LogP contribution < -0.4 is 5.32 Å². The van der Waals surface area contributed by atoms with Gasteiger partial charge in [0.2, 0.25) is 0 Å². The fourth-order valence-electron chi connectivity index (χ4n) is 1.68. The molecule has 1 N–H and O–H groups in total. The minimum atomic E-state index is 0.147. The van der Waals surface area contributed by atoms with E-state index in [0.717, 1.165) is 19.5 Å². The molecule has 0 fully saturated rings. The Balaban J connectivity index is 2.38. The molecular formula is C14H20N2. The molecule has 0 spiro atoms. The first-order valence-electron chi connectivity index (χ1n) is 5.80. The lowest BCUT2D eigenvalue weighted by Gasteiger charge is -2.25. The fraction of sp³-hybridized carbons (Fsp3) is 0.500. The molecule has 0 radical (unpaired) electrons. The molecule has 0 atom stereocenters. The number of unbranched alkanes of at least 4 members (excludes halogenated alkanes) is 1. The van der Waals surface area contributed by atoms with Crippen LogP contribution in [0.4, 0.5) is 0 Å². The van der Waals surface area contributed by atoms with Crippen LogP contribution in [-0.2, 0) is 5.41 Å². The van der Waals surface area contributed by atoms with Crippen molar-refractivity contribution >= 4 is 0 Å². The van der Waals surface area contributed by atoms with Gasteiger partial charge in [-0.1, -0.05) is 44.2 Å². The molecule has 0 aliphatic carbocycles. The summed E-state index contributed by atoms with van der Waals surface area (Å²) in [5.74, 6) is 0. The minimum Gasteiger partial charge on any atom is -0.316 e. The molecular weight excluding hydrogens is 196 g/mol. The summed E-state index contributed by atoms with van der Waals surface area (Å²) in [5, 5.41) is 11.8. The highest BCUT2D eigenvalue weighted by Crippen LogP contribution is 2.21. The van der Waals surface area contributed by atoms with E-state index in [1.54, 1.807) is 0 Å². The lowest BCUT2D eigenvalue weighted by Crippen LogP contribution is -2.33. The van der Waals surface area contributed by atoms with Gasteiger partial charge in [-0.25, -0.2) is 0 Å². The second-order valence-corrected chi connectivity index (χ2v) is 4.69. The summed E-state index contributed by atoms with van der Waals surface area (Å²) in [4.78, 5) is 0. The standard InChI is InChI=1S/C14H20N2/c1-14(2,12-16-11-7-6-10-15)13-8-4-3-5-9-13/h3-5,8-9,16H,6-7,11-12H2,1-2H3. The van der Waals surface area contributed by atoms with Crippen molar-refractivity contribution in [3.05, 3.63) is 35.9 Å². The summed E-state index contributed by atoms with van der Waals surface area (Å²) in [6.45, 7) is 6.34. The van der Waals surface area contributed by atoms with Gasteiger partial charge in [0.25, 0.3) is 0 Å². The minimum absolute atomic E-state index is 0.147. The maximum absolute atomic E-state index is 8.43. The summed E-state index contributed by atoms with van der Waals surface area (Å²) < 4.78 is 0. The zero-order valence-electron chi connectivity index (χ0n) is 10.2. The van der Waals surface area contributed by atoms with E-state index in [9.17, 15) is 0 Å². The summed E-state index contributed by atoms with van der Waals surface area (Å²) in [6.07, 6.45) is 1.57. The van der Waals surface area contributed by atoms with Crippen LogP contribution in [0.5, 0.6) is 0 Å². The molecule has 0 saturated heterocycles. The molecule has 0 aliphatic heterocycles. The molecule has 0 aliphatic rings. The van der Waals surface area contributed by atoms with Crippen molar-refractivity contribution < 1.29 is 0 Å². The third-order valence-corrected chi connectivity index (χ3v) is 2.76. The van der Waals surface area contributed by atoms with Crippen LogP contribution in [0.1, 0.15) is 32.3 Å². The number of hydrogen-bond acceptors (Lipinski definition) is 2. The van der Waals surface area contributed by atoms with Crippen LogP contribution in [0.3, 0.4) is 0 Å². The SMILES string of the molecule is CC(C)(CNCCCC#N)c1ccccc1. The highest BCUT2D eigenvalue weighted by molar-refractivity contribution is 5.23. The van der Waals surface area contributed by atoms with Crippen molar-refractivity contribution in [3.8, 4) is 6.07 Å². The van der Waals surface area contributed by atoms with Gasteiger partial charge in [0.1, 0.15) is 0 Å². The molecule has 0 saturated carbocycles. The Morgan fingerprint density at radius 1 is 1.25 bits per heavy atom. The first-order valence-corrected chi connectivity index (χ1v) is 5.80. The maximum atomic E-state index is 8.43. The molecule has 1 aromatic rings. The normalized spacial score (nSPS) is 11.1. The molecule has 0 amide bonds. The third kappa shape index (κ3) is 4.04. The van der Waals surface area contributed by atoms with Crippen LogP contribution in [0, 0.1) is 11.3 Å². The lowest BCUT2D eigenvalue weighted by molar-refractivity contribution is 0.467. The van der Waals surface area contributed by atoms with Crippen LogP contribution in [-0.4, -0.2) is 13.1 Å². The fourth-order valence-corrected chi connectivity index (χ4v) is 1.68. The van der Waals surface area contributed by atoms with Crippen molar-refractivity contribution in [2.45, 2.75) is 32.1 Å². The summed E-state index contributed by atoms with van der Waals surface area (Å²) in [6, 6.07) is 12.7. The smallest absolute Gasteiger partial charge is 0.0622 e. The topological polar surface area (TPSA) is 35.8 Å². The molecule has 2 nitrogen and oxygen atoms in total. The predicted molar refractivity (Wildman–Crippen MR) is 67.2 cm³/mol. The number of rotatable bonds is 6. The number of nitrogens with one attached hydrogen (secondary N) is 1. The third-order valence-electron chi connectivity index (χ3n) is 2.76. The van der Waals surface area contributed by atoms with Crippen molar-refractivity contribution in [3.63, 3.8) is 0 Å². The number of nitrogens with zero attached hydrogens (tertiary/aromatic N) is 1. The monoisotopic (exact) mass is 216 g/mol. The summed E-state index contributed by atoms with van der Waals surface area (Å²) in [7, 11) is 0. The molecule has 2 heteroatoms. The largest absolute Gasteiger partial charge is 0.316 e. The van der Waals surface area contributed by atoms with Gasteiger partial charge >= 0.3 is 0 Å². The molecule has 0 heterocycles. The van der Waals surface area contributed by atoms with Crippen molar-refractivity contribution in [2.24, 2.45) is 0 Å². The van der Waals surface area contributed by atoms with Crippen LogP contribution in [0.2, 0.25) is 0 Å². The van der Waals surface area contributed by atoms with Gasteiger partial charge < -0.3 is 5.32 Å². The van der Waals surface area contributed by atoms with Gasteiger partial charge in [-0.15, -0.1) is 0 Å². The number of hydrogen-bond donors (Lipinski definition) is 1. The molecule has 16 heavy (non-hydrogen) atoms. The van der Waals surface area contributed by atoms with Crippen LogP contribution >= 0.6 is 0 Å². The summed E-state index contributed by atoms with van der Waals surface area (Å²) in [5.41, 5.74) is 1.50. The highest BCUT2D eigenvalue weighted by Gasteiger charge is 2.19. The van der Waals surface area contributed by atoms with Gasteiger partial charge in [-0.2, -0.15) is 5.26 Å². The van der Waals surface area contributed by atoms with Crippen molar-refractivity contribution in [2.75, 3.05) is 13.1 Å². The Morgan fingerprint density at radius 3 is 2.56 bits per heavy atom. The van der Waals surface area contributed by atoms with Gasteiger partial charge in [-0.05, 0) is 18.5 Å². The Hall–Kier alpha value is -1.33. The van der Waals surface area contributed by atoms with Gasteiger partial charge in [0, 0.05) is 18.4 Å². The van der Waals surface area contributed by atoms with Gasteiger partial charge in [0.15, 0.2) is 0 Å². The molecule has 0 unspecified atom stereocenters. The molecule has 86 valence electrons. The van der Waals surface area contributed by atoms with E-state index in [4.69, 9.17) is 5.26 Å².